The largest absolute Gasteiger partial charge is 0.508 e. The van der Waals surface area contributed by atoms with E-state index in [2.05, 4.69) is 5.32 Å². The molecule has 55 heavy (non-hydrogen) atoms. The van der Waals surface area contributed by atoms with Gasteiger partial charge in [0.25, 0.3) is 0 Å². The summed E-state index contributed by atoms with van der Waals surface area (Å²) in [5.74, 6) is -2.51. The minimum absolute atomic E-state index is 0.00758. The summed E-state index contributed by atoms with van der Waals surface area (Å²) in [5.41, 5.74) is 8.94. The van der Waals surface area contributed by atoms with Gasteiger partial charge in [-0.15, -0.1) is 0 Å². The fraction of sp³-hybridized carbons (Fsp3) is 0.227. The molecule has 0 radical (unpaired) electrons. The number of hydrogen-bond acceptors (Lipinski definition) is 7. The Hall–Kier alpha value is -6.62. The summed E-state index contributed by atoms with van der Waals surface area (Å²) in [6, 6.07) is 35.0. The van der Waals surface area contributed by atoms with Crippen LogP contribution in [0.3, 0.4) is 0 Å². The molecular weight excluding hydrogens is 698 g/mol. The van der Waals surface area contributed by atoms with E-state index >= 15 is 0 Å². The standard InChI is InChI=1S/C44H41N3O8/c1-46(43(52)54-25-37-33-15-7-3-11-29(33)30-12-4-8-16-34(30)37)24-40(41(49)45-39(42(50)51)23-27-19-21-28(48)22-20-27)47(2)44(53)55-26-38-35-17-9-5-13-31(35)32-14-6-10-18-36(32)38/h3-22,37-40,48H,23-26H2,1-2H3,(H,45,49)(H,50,51). The molecule has 3 amide bonds. The number of carbonyl (C=O) groups is 4. The van der Waals surface area contributed by atoms with Gasteiger partial charge >= 0.3 is 18.2 Å². The van der Waals surface area contributed by atoms with Crippen LogP contribution in [-0.2, 0) is 25.5 Å². The van der Waals surface area contributed by atoms with Gasteiger partial charge in [-0.2, -0.15) is 0 Å². The number of nitrogens with zero attached hydrogens (tertiary/aromatic N) is 2. The van der Waals surface area contributed by atoms with Gasteiger partial charge in [0, 0.05) is 32.4 Å². The molecule has 3 N–H and O–H groups in total. The van der Waals surface area contributed by atoms with E-state index in [1.54, 1.807) is 12.1 Å². The third-order valence-corrected chi connectivity index (χ3v) is 10.5. The van der Waals surface area contributed by atoms with Crippen molar-refractivity contribution in [2.24, 2.45) is 0 Å². The third kappa shape index (κ3) is 7.59. The monoisotopic (exact) mass is 739 g/mol. The summed E-state index contributed by atoms with van der Waals surface area (Å²) in [5, 5.41) is 22.3. The fourth-order valence-corrected chi connectivity index (χ4v) is 7.58. The number of nitrogens with one attached hydrogen (secondary N) is 1. The zero-order valence-electron chi connectivity index (χ0n) is 30.4. The third-order valence-electron chi connectivity index (χ3n) is 10.5. The number of phenolic OH excluding ortho intramolecular Hbond substituents is 1. The lowest BCUT2D eigenvalue weighted by Gasteiger charge is -2.31. The number of benzene rings is 5. The second-order valence-electron chi connectivity index (χ2n) is 13.9. The number of carbonyl (C=O) groups excluding carboxylic acids is 3. The van der Waals surface area contributed by atoms with Crippen LogP contribution in [0.5, 0.6) is 5.75 Å². The first-order chi connectivity index (χ1) is 26.6. The molecule has 0 saturated heterocycles. The molecule has 11 nitrogen and oxygen atoms in total. The Morgan fingerprint density at radius 3 is 1.49 bits per heavy atom. The zero-order valence-corrected chi connectivity index (χ0v) is 30.4. The summed E-state index contributed by atoms with van der Waals surface area (Å²) in [6.07, 6.45) is -1.64. The summed E-state index contributed by atoms with van der Waals surface area (Å²) >= 11 is 0. The summed E-state index contributed by atoms with van der Waals surface area (Å²) in [4.78, 5) is 55.9. The van der Waals surface area contributed by atoms with Gasteiger partial charge in [0.1, 0.15) is 31.0 Å². The highest BCUT2D eigenvalue weighted by Gasteiger charge is 2.36. The van der Waals surface area contributed by atoms with Gasteiger partial charge in [-0.1, -0.05) is 109 Å². The maximum Gasteiger partial charge on any atom is 0.410 e. The van der Waals surface area contributed by atoms with Crippen molar-refractivity contribution in [3.05, 3.63) is 149 Å². The van der Waals surface area contributed by atoms with Gasteiger partial charge in [0.05, 0.1) is 6.54 Å². The lowest BCUT2D eigenvalue weighted by molar-refractivity contribution is -0.142. The Morgan fingerprint density at radius 2 is 1.05 bits per heavy atom. The molecule has 7 rings (SSSR count). The summed E-state index contributed by atoms with van der Waals surface area (Å²) in [6.45, 7) is -0.287. The van der Waals surface area contributed by atoms with Crippen molar-refractivity contribution < 1.29 is 38.9 Å². The van der Waals surface area contributed by atoms with E-state index in [9.17, 15) is 29.4 Å². The highest BCUT2D eigenvalue weighted by atomic mass is 16.6. The molecule has 0 heterocycles. The van der Waals surface area contributed by atoms with Gasteiger partial charge in [0.2, 0.25) is 5.91 Å². The van der Waals surface area contributed by atoms with Gasteiger partial charge < -0.3 is 29.9 Å². The molecule has 2 unspecified atom stereocenters. The average Bonchev–Trinajstić information content (AvgIpc) is 3.70. The number of carboxylic acids is 1. The van der Waals surface area contributed by atoms with Gasteiger partial charge in [0.15, 0.2) is 0 Å². The molecule has 11 heteroatoms. The number of carboxylic acid groups (broad SMARTS) is 1. The summed E-state index contributed by atoms with van der Waals surface area (Å²) < 4.78 is 11.7. The molecule has 0 spiro atoms. The van der Waals surface area contributed by atoms with Crippen molar-refractivity contribution >= 4 is 24.1 Å². The van der Waals surface area contributed by atoms with Crippen LogP contribution in [0.4, 0.5) is 9.59 Å². The van der Waals surface area contributed by atoms with E-state index in [1.165, 1.54) is 31.1 Å². The molecule has 0 aromatic heterocycles. The van der Waals surface area contributed by atoms with E-state index < -0.39 is 36.1 Å². The number of amides is 3. The molecule has 2 aliphatic carbocycles. The molecule has 0 saturated carbocycles. The van der Waals surface area contributed by atoms with Crippen molar-refractivity contribution in [2.75, 3.05) is 33.9 Å². The molecule has 2 atom stereocenters. The van der Waals surface area contributed by atoms with Crippen LogP contribution in [0.15, 0.2) is 121 Å². The van der Waals surface area contributed by atoms with Crippen LogP contribution >= 0.6 is 0 Å². The van der Waals surface area contributed by atoms with Gasteiger partial charge in [-0.05, 0) is 62.2 Å². The second-order valence-corrected chi connectivity index (χ2v) is 13.9. The first-order valence-electron chi connectivity index (χ1n) is 18.1. The van der Waals surface area contributed by atoms with Crippen molar-refractivity contribution in [2.45, 2.75) is 30.3 Å². The molecule has 5 aromatic carbocycles. The fourth-order valence-electron chi connectivity index (χ4n) is 7.58. The van der Waals surface area contributed by atoms with Gasteiger partial charge in [-0.3, -0.25) is 9.69 Å². The molecule has 0 bridgehead atoms. The van der Waals surface area contributed by atoms with E-state index in [0.29, 0.717) is 5.56 Å². The number of fused-ring (bicyclic) bond motifs is 6. The highest BCUT2D eigenvalue weighted by molar-refractivity contribution is 5.90. The maximum absolute atomic E-state index is 14.0. The molecular formula is C44H41N3O8. The number of ether oxygens (including phenoxy) is 2. The predicted octanol–water partition coefficient (Wildman–Crippen LogP) is 6.63. The van der Waals surface area contributed by atoms with Crippen molar-refractivity contribution in [1.82, 2.24) is 15.1 Å². The van der Waals surface area contributed by atoms with Crippen LogP contribution in [0.25, 0.3) is 22.3 Å². The predicted molar refractivity (Wildman–Crippen MR) is 206 cm³/mol. The first kappa shape index (κ1) is 36.7. The number of phenols is 1. The molecule has 5 aromatic rings. The maximum atomic E-state index is 14.0. The van der Waals surface area contributed by atoms with Crippen LogP contribution in [0.2, 0.25) is 0 Å². The number of aromatic hydroxyl groups is 1. The second kappa shape index (κ2) is 15.8. The normalized spacial score (nSPS) is 13.7. The van der Waals surface area contributed by atoms with Gasteiger partial charge in [-0.25, -0.2) is 14.4 Å². The molecule has 280 valence electrons. The number of likely N-dealkylation sites (N-methyl/N-ethyl adjacent to an activating group) is 2. The van der Waals surface area contributed by atoms with Crippen molar-refractivity contribution in [1.29, 1.82) is 0 Å². The number of aliphatic carboxylic acids is 1. The van der Waals surface area contributed by atoms with Crippen LogP contribution in [0.1, 0.15) is 39.7 Å². The van der Waals surface area contributed by atoms with Crippen molar-refractivity contribution in [3.8, 4) is 28.0 Å². The van der Waals surface area contributed by atoms with E-state index in [4.69, 9.17) is 9.47 Å². The number of rotatable bonds is 12. The average molecular weight is 740 g/mol. The smallest absolute Gasteiger partial charge is 0.410 e. The molecule has 0 fully saturated rings. The Morgan fingerprint density at radius 1 is 0.636 bits per heavy atom. The Labute approximate surface area is 318 Å². The SMILES string of the molecule is CN(CC(C(=O)NC(Cc1ccc(O)cc1)C(=O)O)N(C)C(=O)OCC1c2ccccc2-c2ccccc21)C(=O)OCC1c2ccccc2-c2ccccc21. The van der Waals surface area contributed by atoms with E-state index in [1.807, 2.05) is 97.1 Å². The van der Waals surface area contributed by atoms with Crippen molar-refractivity contribution in [3.63, 3.8) is 0 Å². The minimum atomic E-state index is -1.38. The minimum Gasteiger partial charge on any atom is -0.508 e. The van der Waals surface area contributed by atoms with Crippen LogP contribution in [0, 0.1) is 0 Å². The van der Waals surface area contributed by atoms with E-state index in [-0.39, 0.29) is 43.8 Å². The lowest BCUT2D eigenvalue weighted by Crippen LogP contribution is -2.56. The number of hydrogen-bond donors (Lipinski definition) is 3. The quantitative estimate of drug-likeness (QED) is 0.129. The highest BCUT2D eigenvalue weighted by Crippen LogP contribution is 2.45. The van der Waals surface area contributed by atoms with E-state index in [0.717, 1.165) is 49.4 Å². The Bertz CT molecular complexity index is 2150. The van der Waals surface area contributed by atoms with Crippen LogP contribution < -0.4 is 5.32 Å². The zero-order chi connectivity index (χ0) is 38.6. The Balaban J connectivity index is 1.07. The molecule has 0 aliphatic heterocycles. The summed E-state index contributed by atoms with van der Waals surface area (Å²) in [7, 11) is 2.83. The lowest BCUT2D eigenvalue weighted by atomic mass is 9.98. The molecule has 2 aliphatic rings. The first-order valence-corrected chi connectivity index (χ1v) is 18.1. The topological polar surface area (TPSA) is 146 Å². The Kier molecular flexibility index (Phi) is 10.5. The van der Waals surface area contributed by atoms with Crippen LogP contribution in [-0.4, -0.2) is 90.0 Å².